The van der Waals surface area contributed by atoms with Crippen molar-refractivity contribution in [2.24, 2.45) is 0 Å². The van der Waals surface area contributed by atoms with Gasteiger partial charge in [-0.1, -0.05) is 6.07 Å². The van der Waals surface area contributed by atoms with Gasteiger partial charge in [0.2, 0.25) is 0 Å². The number of rotatable bonds is 1. The number of hydrogen-bond donors (Lipinski definition) is 1. The van der Waals surface area contributed by atoms with Gasteiger partial charge in [0.05, 0.1) is 17.7 Å². The molecule has 0 amide bonds. The first-order chi connectivity index (χ1) is 6.79. The van der Waals surface area contributed by atoms with Gasteiger partial charge in [-0.25, -0.2) is 4.98 Å². The minimum atomic E-state index is -0.124. The molecule has 70 valence electrons. The van der Waals surface area contributed by atoms with Crippen molar-refractivity contribution in [3.05, 3.63) is 46.6 Å². The van der Waals surface area contributed by atoms with Crippen molar-refractivity contribution in [1.82, 2.24) is 15.0 Å². The fourth-order valence-electron chi connectivity index (χ4n) is 1.23. The van der Waals surface area contributed by atoms with Crippen molar-refractivity contribution in [1.29, 1.82) is 0 Å². The maximum absolute atomic E-state index is 11.3. The van der Waals surface area contributed by atoms with Gasteiger partial charge in [0.15, 0.2) is 0 Å². The number of pyridine rings is 1. The smallest absolute Gasteiger partial charge is 0.254 e. The Kier molecular flexibility index (Phi) is 2.10. The predicted molar refractivity (Wildman–Crippen MR) is 52.8 cm³/mol. The SMILES string of the molecule is Cc1c(-c2ccccn2)nc[nH]c1=O. The molecule has 2 aromatic heterocycles. The van der Waals surface area contributed by atoms with Crippen LogP contribution in [0.15, 0.2) is 35.5 Å². The second kappa shape index (κ2) is 3.41. The summed E-state index contributed by atoms with van der Waals surface area (Å²) in [5.74, 6) is 0. The first kappa shape index (κ1) is 8.62. The third-order valence-corrected chi connectivity index (χ3v) is 1.99. The van der Waals surface area contributed by atoms with Crippen molar-refractivity contribution in [2.45, 2.75) is 6.92 Å². The van der Waals surface area contributed by atoms with Crippen molar-refractivity contribution < 1.29 is 0 Å². The van der Waals surface area contributed by atoms with Crippen LogP contribution >= 0.6 is 0 Å². The van der Waals surface area contributed by atoms with Crippen LogP contribution in [-0.2, 0) is 0 Å². The van der Waals surface area contributed by atoms with E-state index in [4.69, 9.17) is 0 Å². The van der Waals surface area contributed by atoms with Gasteiger partial charge < -0.3 is 4.98 Å². The summed E-state index contributed by atoms with van der Waals surface area (Å²) in [5, 5.41) is 0. The summed E-state index contributed by atoms with van der Waals surface area (Å²) in [6.45, 7) is 1.73. The highest BCUT2D eigenvalue weighted by molar-refractivity contribution is 5.56. The minimum Gasteiger partial charge on any atom is -0.313 e. The molecule has 0 saturated carbocycles. The molecule has 0 saturated heterocycles. The topological polar surface area (TPSA) is 58.6 Å². The number of H-pyrrole nitrogens is 1. The molecule has 0 radical (unpaired) electrons. The first-order valence-electron chi connectivity index (χ1n) is 4.25. The first-order valence-corrected chi connectivity index (χ1v) is 4.25. The molecule has 0 atom stereocenters. The third-order valence-electron chi connectivity index (χ3n) is 1.99. The van der Waals surface area contributed by atoms with E-state index in [0.717, 1.165) is 5.69 Å². The standard InChI is InChI=1S/C10H9N3O/c1-7-9(12-6-13-10(7)14)8-4-2-3-5-11-8/h2-6H,1H3,(H,12,13,14). The van der Waals surface area contributed by atoms with Gasteiger partial charge in [-0.05, 0) is 19.1 Å². The molecule has 14 heavy (non-hydrogen) atoms. The number of nitrogens with one attached hydrogen (secondary N) is 1. The molecule has 2 aromatic rings. The van der Waals surface area contributed by atoms with Crippen molar-refractivity contribution in [3.63, 3.8) is 0 Å². The number of aromatic amines is 1. The Morgan fingerprint density at radius 2 is 2.14 bits per heavy atom. The van der Waals surface area contributed by atoms with Gasteiger partial charge in [-0.2, -0.15) is 0 Å². The van der Waals surface area contributed by atoms with E-state index in [2.05, 4.69) is 15.0 Å². The van der Waals surface area contributed by atoms with Crippen LogP contribution < -0.4 is 5.56 Å². The molecular weight excluding hydrogens is 178 g/mol. The Bertz CT molecular complexity index is 490. The van der Waals surface area contributed by atoms with Gasteiger partial charge in [0.1, 0.15) is 0 Å². The Morgan fingerprint density at radius 3 is 2.86 bits per heavy atom. The third kappa shape index (κ3) is 1.42. The summed E-state index contributed by atoms with van der Waals surface area (Å²) >= 11 is 0. The summed E-state index contributed by atoms with van der Waals surface area (Å²) in [5.41, 5.74) is 1.82. The highest BCUT2D eigenvalue weighted by Gasteiger charge is 2.05. The largest absolute Gasteiger partial charge is 0.313 e. The Hall–Kier alpha value is -1.97. The van der Waals surface area contributed by atoms with E-state index in [9.17, 15) is 4.79 Å². The van der Waals surface area contributed by atoms with E-state index in [1.807, 2.05) is 18.2 Å². The zero-order valence-corrected chi connectivity index (χ0v) is 7.69. The second-order valence-corrected chi connectivity index (χ2v) is 2.92. The van der Waals surface area contributed by atoms with Gasteiger partial charge in [0, 0.05) is 11.8 Å². The van der Waals surface area contributed by atoms with Crippen LogP contribution in [0.4, 0.5) is 0 Å². The molecule has 0 aliphatic carbocycles. The quantitative estimate of drug-likeness (QED) is 0.728. The summed E-state index contributed by atoms with van der Waals surface area (Å²) < 4.78 is 0. The number of nitrogens with zero attached hydrogens (tertiary/aromatic N) is 2. The zero-order valence-electron chi connectivity index (χ0n) is 7.69. The monoisotopic (exact) mass is 187 g/mol. The maximum Gasteiger partial charge on any atom is 0.254 e. The lowest BCUT2D eigenvalue weighted by Gasteiger charge is -2.01. The molecule has 0 aliphatic heterocycles. The Labute approximate surface area is 80.7 Å². The van der Waals surface area contributed by atoms with Crippen molar-refractivity contribution >= 4 is 0 Å². The average Bonchev–Trinajstić information content (AvgIpc) is 2.23. The van der Waals surface area contributed by atoms with Crippen LogP contribution in [0.1, 0.15) is 5.56 Å². The Morgan fingerprint density at radius 1 is 1.29 bits per heavy atom. The van der Waals surface area contributed by atoms with Crippen LogP contribution in [0.3, 0.4) is 0 Å². The van der Waals surface area contributed by atoms with Gasteiger partial charge >= 0.3 is 0 Å². The molecule has 4 nitrogen and oxygen atoms in total. The molecule has 0 spiro atoms. The van der Waals surface area contributed by atoms with Crippen LogP contribution in [0.25, 0.3) is 11.4 Å². The predicted octanol–water partition coefficient (Wildman–Crippen LogP) is 1.14. The molecule has 0 aliphatic rings. The normalized spacial score (nSPS) is 10.1. The summed E-state index contributed by atoms with van der Waals surface area (Å²) in [6, 6.07) is 5.52. The lowest BCUT2D eigenvalue weighted by Crippen LogP contribution is -2.11. The maximum atomic E-state index is 11.3. The highest BCUT2D eigenvalue weighted by atomic mass is 16.1. The molecule has 0 fully saturated rings. The van der Waals surface area contributed by atoms with Crippen LogP contribution in [0.2, 0.25) is 0 Å². The van der Waals surface area contributed by atoms with E-state index in [1.165, 1.54) is 6.33 Å². The van der Waals surface area contributed by atoms with Crippen LogP contribution in [-0.4, -0.2) is 15.0 Å². The van der Waals surface area contributed by atoms with Gasteiger partial charge in [-0.3, -0.25) is 9.78 Å². The summed E-state index contributed by atoms with van der Waals surface area (Å²) in [4.78, 5) is 22.0. The minimum absolute atomic E-state index is 0.124. The fourth-order valence-corrected chi connectivity index (χ4v) is 1.23. The van der Waals surface area contributed by atoms with Gasteiger partial charge in [0.25, 0.3) is 5.56 Å². The summed E-state index contributed by atoms with van der Waals surface area (Å²) in [7, 11) is 0. The van der Waals surface area contributed by atoms with E-state index in [-0.39, 0.29) is 5.56 Å². The van der Waals surface area contributed by atoms with E-state index in [0.29, 0.717) is 11.3 Å². The second-order valence-electron chi connectivity index (χ2n) is 2.92. The average molecular weight is 187 g/mol. The van der Waals surface area contributed by atoms with E-state index >= 15 is 0 Å². The molecule has 4 heteroatoms. The van der Waals surface area contributed by atoms with E-state index < -0.39 is 0 Å². The molecule has 2 heterocycles. The Balaban J connectivity index is 2.64. The van der Waals surface area contributed by atoms with Crippen molar-refractivity contribution in [3.8, 4) is 11.4 Å². The van der Waals surface area contributed by atoms with Gasteiger partial charge in [-0.15, -0.1) is 0 Å². The molecule has 0 aromatic carbocycles. The molecule has 0 unspecified atom stereocenters. The molecule has 2 rings (SSSR count). The van der Waals surface area contributed by atoms with Crippen LogP contribution in [0, 0.1) is 6.92 Å². The van der Waals surface area contributed by atoms with Crippen molar-refractivity contribution in [2.75, 3.05) is 0 Å². The molecular formula is C10H9N3O. The lowest BCUT2D eigenvalue weighted by atomic mass is 10.2. The summed E-state index contributed by atoms with van der Waals surface area (Å²) in [6.07, 6.45) is 3.07. The zero-order chi connectivity index (χ0) is 9.97. The fraction of sp³-hybridized carbons (Fsp3) is 0.100. The van der Waals surface area contributed by atoms with Crippen LogP contribution in [0.5, 0.6) is 0 Å². The number of hydrogen-bond acceptors (Lipinski definition) is 3. The molecule has 0 bridgehead atoms. The molecule has 1 N–H and O–H groups in total. The highest BCUT2D eigenvalue weighted by Crippen LogP contribution is 2.13. The lowest BCUT2D eigenvalue weighted by molar-refractivity contribution is 1.07. The van der Waals surface area contributed by atoms with E-state index in [1.54, 1.807) is 13.1 Å². The number of aromatic nitrogens is 3.